The fourth-order valence-electron chi connectivity index (χ4n) is 2.38. The van der Waals surface area contributed by atoms with E-state index in [2.05, 4.69) is 26.6 Å². The molecule has 0 unspecified atom stereocenters. The summed E-state index contributed by atoms with van der Waals surface area (Å²) in [7, 11) is 0. The first-order valence-corrected chi connectivity index (χ1v) is 7.33. The fraction of sp³-hybridized carbons (Fsp3) is 0.500. The first kappa shape index (κ1) is 14.3. The smallest absolute Gasteiger partial charge is 0.319 e. The van der Waals surface area contributed by atoms with E-state index in [4.69, 9.17) is 0 Å². The van der Waals surface area contributed by atoms with E-state index in [-0.39, 0.29) is 12.1 Å². The van der Waals surface area contributed by atoms with Gasteiger partial charge >= 0.3 is 6.03 Å². The molecule has 19 heavy (non-hydrogen) atoms. The average molecular weight is 327 g/mol. The van der Waals surface area contributed by atoms with E-state index < -0.39 is 0 Å². The van der Waals surface area contributed by atoms with Gasteiger partial charge in [0.25, 0.3) is 0 Å². The number of urea groups is 1. The maximum Gasteiger partial charge on any atom is 0.319 e. The molecule has 104 valence electrons. The van der Waals surface area contributed by atoms with Crippen molar-refractivity contribution in [3.05, 3.63) is 28.2 Å². The largest absolute Gasteiger partial charge is 0.393 e. The number of hydrogen-bond donors (Lipinski definition) is 3. The molecule has 1 aromatic carbocycles. The zero-order valence-electron chi connectivity index (χ0n) is 10.9. The third kappa shape index (κ3) is 3.94. The van der Waals surface area contributed by atoms with Gasteiger partial charge in [-0.3, -0.25) is 0 Å². The number of hydrogen-bond acceptors (Lipinski definition) is 2. The second kappa shape index (κ2) is 6.39. The van der Waals surface area contributed by atoms with Crippen molar-refractivity contribution in [2.75, 3.05) is 11.9 Å². The van der Waals surface area contributed by atoms with E-state index in [0.29, 0.717) is 12.5 Å². The maximum atomic E-state index is 11.8. The molecule has 0 bridgehead atoms. The van der Waals surface area contributed by atoms with Gasteiger partial charge in [0.1, 0.15) is 0 Å². The molecule has 0 aromatic heterocycles. The second-order valence-electron chi connectivity index (χ2n) is 5.10. The van der Waals surface area contributed by atoms with E-state index in [1.807, 2.05) is 25.1 Å². The lowest BCUT2D eigenvalue weighted by Crippen LogP contribution is -2.32. The molecule has 3 N–H and O–H groups in total. The molecular formula is C14H19BrN2O2. The lowest BCUT2D eigenvalue weighted by molar-refractivity contribution is 0.177. The molecule has 0 aliphatic heterocycles. The number of benzene rings is 1. The van der Waals surface area contributed by atoms with Gasteiger partial charge in [-0.1, -0.05) is 12.1 Å². The minimum absolute atomic E-state index is 0.194. The van der Waals surface area contributed by atoms with Crippen LogP contribution in [0.3, 0.4) is 0 Å². The van der Waals surface area contributed by atoms with E-state index in [1.54, 1.807) is 0 Å². The van der Waals surface area contributed by atoms with Gasteiger partial charge in [0.05, 0.1) is 11.8 Å². The highest BCUT2D eigenvalue weighted by Crippen LogP contribution is 2.26. The third-order valence-corrected chi connectivity index (χ3v) is 4.56. The van der Waals surface area contributed by atoms with Crippen LogP contribution in [0.5, 0.6) is 0 Å². The molecule has 2 atom stereocenters. The number of aryl methyl sites for hydroxylation is 1. The summed E-state index contributed by atoms with van der Waals surface area (Å²) in [6.07, 6.45) is 2.42. The van der Waals surface area contributed by atoms with Crippen molar-refractivity contribution >= 4 is 27.6 Å². The van der Waals surface area contributed by atoms with Crippen LogP contribution in [-0.2, 0) is 0 Å². The third-order valence-electron chi connectivity index (χ3n) is 3.50. The Morgan fingerprint density at radius 3 is 2.95 bits per heavy atom. The minimum atomic E-state index is -0.201. The molecule has 0 saturated heterocycles. The van der Waals surface area contributed by atoms with E-state index in [0.717, 1.165) is 35.0 Å². The number of carbonyl (C=O) groups is 1. The Hall–Kier alpha value is -1.07. The van der Waals surface area contributed by atoms with Crippen molar-refractivity contribution in [3.63, 3.8) is 0 Å². The fourth-order valence-corrected chi connectivity index (χ4v) is 2.74. The number of aliphatic hydroxyl groups excluding tert-OH is 1. The van der Waals surface area contributed by atoms with Crippen LogP contribution in [0.1, 0.15) is 24.8 Å². The number of anilines is 1. The highest BCUT2D eigenvalue weighted by molar-refractivity contribution is 9.10. The molecule has 0 heterocycles. The molecule has 5 heteroatoms. The van der Waals surface area contributed by atoms with Gasteiger partial charge in [0.15, 0.2) is 0 Å². The van der Waals surface area contributed by atoms with Gasteiger partial charge in [-0.05, 0) is 59.7 Å². The molecule has 1 aromatic rings. The lowest BCUT2D eigenvalue weighted by atomic mass is 10.1. The predicted octanol–water partition coefficient (Wildman–Crippen LogP) is 3.04. The summed E-state index contributed by atoms with van der Waals surface area (Å²) in [5.74, 6) is 0.390. The van der Waals surface area contributed by atoms with E-state index >= 15 is 0 Å². The molecule has 1 aliphatic rings. The van der Waals surface area contributed by atoms with Crippen LogP contribution in [0, 0.1) is 12.8 Å². The van der Waals surface area contributed by atoms with Crippen LogP contribution in [0.4, 0.5) is 10.5 Å². The van der Waals surface area contributed by atoms with Crippen LogP contribution in [0.15, 0.2) is 22.7 Å². The van der Waals surface area contributed by atoms with Gasteiger partial charge in [0, 0.05) is 11.0 Å². The summed E-state index contributed by atoms with van der Waals surface area (Å²) in [6, 6.07) is 5.54. The Morgan fingerprint density at radius 2 is 2.26 bits per heavy atom. The van der Waals surface area contributed by atoms with Crippen molar-refractivity contribution in [3.8, 4) is 0 Å². The maximum absolute atomic E-state index is 11.8. The Bertz CT molecular complexity index is 465. The molecule has 1 saturated carbocycles. The van der Waals surface area contributed by atoms with Gasteiger partial charge in [-0.15, -0.1) is 0 Å². The van der Waals surface area contributed by atoms with Crippen LogP contribution in [-0.4, -0.2) is 23.8 Å². The Labute approximate surface area is 121 Å². The van der Waals surface area contributed by atoms with Crippen molar-refractivity contribution in [1.82, 2.24) is 5.32 Å². The predicted molar refractivity (Wildman–Crippen MR) is 79.2 cm³/mol. The molecule has 1 aliphatic carbocycles. The first-order chi connectivity index (χ1) is 9.06. The number of halogens is 1. The van der Waals surface area contributed by atoms with Gasteiger partial charge < -0.3 is 15.7 Å². The summed E-state index contributed by atoms with van der Waals surface area (Å²) < 4.78 is 0.904. The molecule has 4 nitrogen and oxygen atoms in total. The standard InChI is InChI=1S/C14H19BrN2O2/c1-9-3-2-4-12(13(9)15)17-14(19)16-8-10-5-6-11(18)7-10/h2-4,10-11,18H,5-8H2,1H3,(H2,16,17,19)/t10-,11+/m1/s1. The highest BCUT2D eigenvalue weighted by Gasteiger charge is 2.22. The summed E-state index contributed by atoms with van der Waals surface area (Å²) in [5.41, 5.74) is 1.85. The monoisotopic (exact) mass is 326 g/mol. The van der Waals surface area contributed by atoms with Crippen LogP contribution in [0.2, 0.25) is 0 Å². The number of amides is 2. The summed E-state index contributed by atoms with van der Waals surface area (Å²) in [6.45, 7) is 2.60. The van der Waals surface area contributed by atoms with Crippen LogP contribution < -0.4 is 10.6 Å². The number of aliphatic hydroxyl groups is 1. The summed E-state index contributed by atoms with van der Waals surface area (Å²) in [5, 5.41) is 15.1. The van der Waals surface area contributed by atoms with Crippen molar-refractivity contribution in [2.45, 2.75) is 32.3 Å². The van der Waals surface area contributed by atoms with Crippen molar-refractivity contribution < 1.29 is 9.90 Å². The normalized spacial score (nSPS) is 22.3. The van der Waals surface area contributed by atoms with Crippen LogP contribution in [0.25, 0.3) is 0 Å². The average Bonchev–Trinajstić information content (AvgIpc) is 2.78. The molecule has 0 radical (unpaired) electrons. The van der Waals surface area contributed by atoms with E-state index in [1.165, 1.54) is 0 Å². The van der Waals surface area contributed by atoms with Crippen molar-refractivity contribution in [1.29, 1.82) is 0 Å². The zero-order chi connectivity index (χ0) is 13.8. The number of rotatable bonds is 3. The topological polar surface area (TPSA) is 61.4 Å². The number of carbonyl (C=O) groups excluding carboxylic acids is 1. The van der Waals surface area contributed by atoms with Crippen LogP contribution >= 0.6 is 15.9 Å². The molecule has 2 amide bonds. The quantitative estimate of drug-likeness (QED) is 0.799. The Balaban J connectivity index is 1.82. The van der Waals surface area contributed by atoms with Crippen molar-refractivity contribution in [2.24, 2.45) is 5.92 Å². The SMILES string of the molecule is Cc1cccc(NC(=O)NC[C@@H]2CC[C@H](O)C2)c1Br. The lowest BCUT2D eigenvalue weighted by Gasteiger charge is -2.13. The Morgan fingerprint density at radius 1 is 1.47 bits per heavy atom. The minimum Gasteiger partial charge on any atom is -0.393 e. The summed E-state index contributed by atoms with van der Waals surface area (Å²) >= 11 is 3.46. The van der Waals surface area contributed by atoms with Gasteiger partial charge in [-0.2, -0.15) is 0 Å². The molecular weight excluding hydrogens is 308 g/mol. The zero-order valence-corrected chi connectivity index (χ0v) is 12.5. The van der Waals surface area contributed by atoms with Gasteiger partial charge in [0.2, 0.25) is 0 Å². The Kier molecular flexibility index (Phi) is 4.82. The van der Waals surface area contributed by atoms with Gasteiger partial charge in [-0.25, -0.2) is 4.79 Å². The summed E-state index contributed by atoms with van der Waals surface area (Å²) in [4.78, 5) is 11.8. The first-order valence-electron chi connectivity index (χ1n) is 6.54. The highest BCUT2D eigenvalue weighted by atomic mass is 79.9. The molecule has 0 spiro atoms. The second-order valence-corrected chi connectivity index (χ2v) is 5.90. The molecule has 2 rings (SSSR count). The molecule has 1 fully saturated rings. The number of nitrogens with one attached hydrogen (secondary N) is 2. The van der Waals surface area contributed by atoms with E-state index in [9.17, 15) is 9.90 Å².